The summed E-state index contributed by atoms with van der Waals surface area (Å²) in [5.41, 5.74) is 6.80. The van der Waals surface area contributed by atoms with Crippen molar-refractivity contribution in [3.63, 3.8) is 0 Å². The van der Waals surface area contributed by atoms with Gasteiger partial charge in [0.25, 0.3) is 0 Å². The van der Waals surface area contributed by atoms with Gasteiger partial charge in [0.1, 0.15) is 0 Å². The van der Waals surface area contributed by atoms with Crippen LogP contribution in [0.2, 0.25) is 5.02 Å². The number of benzene rings is 1. The topological polar surface area (TPSA) is 75.4 Å². The van der Waals surface area contributed by atoms with E-state index in [2.05, 4.69) is 5.32 Å². The average molecular weight is 240 g/mol. The van der Waals surface area contributed by atoms with E-state index < -0.39 is 6.03 Å². The molecule has 1 aromatic carbocycles. The van der Waals surface area contributed by atoms with Gasteiger partial charge in [-0.05, 0) is 12.1 Å². The number of nitrogen functional groups attached to an aromatic ring is 1. The van der Waals surface area contributed by atoms with E-state index in [-0.39, 0.29) is 19.0 Å². The number of hydrogen-bond acceptors (Lipinski definition) is 3. The van der Waals surface area contributed by atoms with Gasteiger partial charge in [-0.25, -0.2) is 4.79 Å². The Hall–Kier alpha value is -1.75. The quantitative estimate of drug-likeness (QED) is 0.597. The average Bonchev–Trinajstić information content (AvgIpc) is 2.54. The van der Waals surface area contributed by atoms with Crippen LogP contribution in [0.5, 0.6) is 0 Å². The van der Waals surface area contributed by atoms with Crippen LogP contribution in [-0.4, -0.2) is 23.4 Å². The number of amides is 3. The fourth-order valence-corrected chi connectivity index (χ4v) is 1.76. The van der Waals surface area contributed by atoms with Crippen molar-refractivity contribution in [3.05, 3.63) is 28.8 Å². The SMILES string of the molecule is Nc1cccc(Cl)c1CN1C(=O)CNC1=O. The van der Waals surface area contributed by atoms with Crippen LogP contribution in [-0.2, 0) is 11.3 Å². The van der Waals surface area contributed by atoms with E-state index in [0.29, 0.717) is 16.3 Å². The molecule has 2 rings (SSSR count). The molecule has 5 nitrogen and oxygen atoms in total. The van der Waals surface area contributed by atoms with Crippen LogP contribution in [0.15, 0.2) is 18.2 Å². The number of nitrogens with zero attached hydrogens (tertiary/aromatic N) is 1. The van der Waals surface area contributed by atoms with Gasteiger partial charge < -0.3 is 11.1 Å². The van der Waals surface area contributed by atoms with Gasteiger partial charge >= 0.3 is 6.03 Å². The zero-order chi connectivity index (χ0) is 11.7. The minimum atomic E-state index is -0.413. The Morgan fingerprint density at radius 1 is 1.44 bits per heavy atom. The molecule has 1 heterocycles. The van der Waals surface area contributed by atoms with Crippen molar-refractivity contribution in [3.8, 4) is 0 Å². The number of urea groups is 1. The van der Waals surface area contributed by atoms with Crippen molar-refractivity contribution in [1.82, 2.24) is 10.2 Å². The van der Waals surface area contributed by atoms with Gasteiger partial charge in [-0.2, -0.15) is 0 Å². The third kappa shape index (κ3) is 1.81. The molecule has 84 valence electrons. The minimum absolute atomic E-state index is 0.0309. The highest BCUT2D eigenvalue weighted by molar-refractivity contribution is 6.31. The number of carbonyl (C=O) groups is 2. The van der Waals surface area contributed by atoms with E-state index in [4.69, 9.17) is 17.3 Å². The Labute approximate surface area is 97.2 Å². The zero-order valence-electron chi connectivity index (χ0n) is 8.37. The van der Waals surface area contributed by atoms with E-state index >= 15 is 0 Å². The molecule has 3 amide bonds. The van der Waals surface area contributed by atoms with Gasteiger partial charge in [-0.15, -0.1) is 0 Å². The molecule has 1 saturated heterocycles. The highest BCUT2D eigenvalue weighted by Crippen LogP contribution is 2.24. The predicted octanol–water partition coefficient (Wildman–Crippen LogP) is 0.974. The maximum Gasteiger partial charge on any atom is 0.324 e. The molecular formula is C10H10ClN3O2. The first kappa shape index (κ1) is 10.8. The Morgan fingerprint density at radius 3 is 2.75 bits per heavy atom. The summed E-state index contributed by atoms with van der Waals surface area (Å²) in [4.78, 5) is 23.8. The van der Waals surface area contributed by atoms with Gasteiger partial charge in [0.05, 0.1) is 13.1 Å². The molecule has 0 aromatic heterocycles. The lowest BCUT2D eigenvalue weighted by atomic mass is 10.1. The van der Waals surface area contributed by atoms with Gasteiger partial charge in [0.15, 0.2) is 0 Å². The maximum atomic E-state index is 11.4. The first-order chi connectivity index (χ1) is 7.59. The van der Waals surface area contributed by atoms with Crippen LogP contribution < -0.4 is 11.1 Å². The summed E-state index contributed by atoms with van der Waals surface area (Å²) in [6, 6.07) is 4.66. The van der Waals surface area contributed by atoms with Crippen LogP contribution in [0.4, 0.5) is 10.5 Å². The largest absolute Gasteiger partial charge is 0.398 e. The van der Waals surface area contributed by atoms with Crippen LogP contribution in [0.25, 0.3) is 0 Å². The van der Waals surface area contributed by atoms with E-state index in [0.717, 1.165) is 4.90 Å². The fraction of sp³-hybridized carbons (Fsp3) is 0.200. The molecule has 3 N–H and O–H groups in total. The number of halogens is 1. The number of hydrogen-bond donors (Lipinski definition) is 2. The molecule has 6 heteroatoms. The predicted molar refractivity (Wildman–Crippen MR) is 59.8 cm³/mol. The normalized spacial score (nSPS) is 15.4. The standard InChI is InChI=1S/C10H10ClN3O2/c11-7-2-1-3-8(12)6(7)5-14-9(15)4-13-10(14)16/h1-3H,4-5,12H2,(H,13,16). The van der Waals surface area contributed by atoms with E-state index in [1.807, 2.05) is 0 Å². The summed E-state index contributed by atoms with van der Waals surface area (Å²) in [5, 5.41) is 2.88. The van der Waals surface area contributed by atoms with Crippen molar-refractivity contribution in [2.75, 3.05) is 12.3 Å². The second-order valence-electron chi connectivity index (χ2n) is 3.45. The van der Waals surface area contributed by atoms with Crippen molar-refractivity contribution >= 4 is 29.2 Å². The second kappa shape index (κ2) is 4.02. The summed E-state index contributed by atoms with van der Waals surface area (Å²) in [7, 11) is 0. The molecule has 0 aliphatic carbocycles. The monoisotopic (exact) mass is 239 g/mol. The maximum absolute atomic E-state index is 11.4. The van der Waals surface area contributed by atoms with Crippen molar-refractivity contribution in [2.24, 2.45) is 0 Å². The molecular weight excluding hydrogens is 230 g/mol. The highest BCUT2D eigenvalue weighted by atomic mass is 35.5. The first-order valence-corrected chi connectivity index (χ1v) is 5.08. The fourth-order valence-electron chi connectivity index (χ4n) is 1.52. The zero-order valence-corrected chi connectivity index (χ0v) is 9.12. The molecule has 0 atom stereocenters. The van der Waals surface area contributed by atoms with Crippen molar-refractivity contribution in [1.29, 1.82) is 0 Å². The number of nitrogens with one attached hydrogen (secondary N) is 1. The second-order valence-corrected chi connectivity index (χ2v) is 3.85. The van der Waals surface area contributed by atoms with Gasteiger partial charge in [0, 0.05) is 16.3 Å². The van der Waals surface area contributed by atoms with Crippen molar-refractivity contribution in [2.45, 2.75) is 6.54 Å². The lowest BCUT2D eigenvalue weighted by Crippen LogP contribution is -2.30. The molecule has 1 fully saturated rings. The van der Waals surface area contributed by atoms with Gasteiger partial charge in [-0.1, -0.05) is 17.7 Å². The van der Waals surface area contributed by atoms with Gasteiger partial charge in [-0.3, -0.25) is 9.69 Å². The summed E-state index contributed by atoms with van der Waals surface area (Å²) in [6.45, 7) is 0.138. The summed E-state index contributed by atoms with van der Waals surface area (Å²) < 4.78 is 0. The molecule has 0 unspecified atom stereocenters. The number of imide groups is 1. The summed E-state index contributed by atoms with van der Waals surface area (Å²) in [5.74, 6) is -0.274. The van der Waals surface area contributed by atoms with Crippen LogP contribution in [0.1, 0.15) is 5.56 Å². The molecule has 0 radical (unpaired) electrons. The van der Waals surface area contributed by atoms with E-state index in [1.54, 1.807) is 18.2 Å². The lowest BCUT2D eigenvalue weighted by molar-refractivity contribution is -0.125. The summed E-state index contributed by atoms with van der Waals surface area (Å²) >= 11 is 5.95. The Kier molecular flexibility index (Phi) is 2.70. The Bertz CT molecular complexity index is 425. The first-order valence-electron chi connectivity index (χ1n) is 4.70. The molecule has 0 bridgehead atoms. The number of rotatable bonds is 2. The van der Waals surface area contributed by atoms with E-state index in [1.165, 1.54) is 0 Å². The molecule has 1 aliphatic heterocycles. The Balaban J connectivity index is 2.27. The number of anilines is 1. The minimum Gasteiger partial charge on any atom is -0.398 e. The molecule has 16 heavy (non-hydrogen) atoms. The van der Waals surface area contributed by atoms with E-state index in [9.17, 15) is 9.59 Å². The molecule has 0 saturated carbocycles. The third-order valence-electron chi connectivity index (χ3n) is 2.41. The Morgan fingerprint density at radius 2 is 2.19 bits per heavy atom. The number of carbonyl (C=O) groups excluding carboxylic acids is 2. The van der Waals surface area contributed by atoms with Gasteiger partial charge in [0.2, 0.25) is 5.91 Å². The highest BCUT2D eigenvalue weighted by Gasteiger charge is 2.29. The third-order valence-corrected chi connectivity index (χ3v) is 2.76. The molecule has 1 aromatic rings. The van der Waals surface area contributed by atoms with Crippen LogP contribution in [0, 0.1) is 0 Å². The smallest absolute Gasteiger partial charge is 0.324 e. The lowest BCUT2D eigenvalue weighted by Gasteiger charge is -2.14. The van der Waals surface area contributed by atoms with Crippen LogP contribution >= 0.6 is 11.6 Å². The molecule has 1 aliphatic rings. The van der Waals surface area contributed by atoms with Crippen LogP contribution in [0.3, 0.4) is 0 Å². The van der Waals surface area contributed by atoms with Crippen molar-refractivity contribution < 1.29 is 9.59 Å². The molecule has 0 spiro atoms. The summed E-state index contributed by atoms with van der Waals surface area (Å²) in [6.07, 6.45) is 0. The number of nitrogens with two attached hydrogens (primary N) is 1.